The Kier molecular flexibility index (Phi) is 3.31. The van der Waals surface area contributed by atoms with E-state index in [4.69, 9.17) is 14.9 Å². The Morgan fingerprint density at radius 3 is 2.75 bits per heavy atom. The minimum absolute atomic E-state index is 0.145. The molecule has 1 atom stereocenters. The number of methoxy groups -OCH3 is 1. The summed E-state index contributed by atoms with van der Waals surface area (Å²) in [6.07, 6.45) is 0.781. The van der Waals surface area contributed by atoms with Crippen LogP contribution in [0, 0.1) is 0 Å². The van der Waals surface area contributed by atoms with E-state index in [1.165, 1.54) is 0 Å². The van der Waals surface area contributed by atoms with E-state index in [9.17, 15) is 0 Å². The van der Waals surface area contributed by atoms with E-state index in [0.717, 1.165) is 17.9 Å². The Morgan fingerprint density at radius 1 is 1.50 bits per heavy atom. The average Bonchev–Trinajstić information content (AvgIpc) is 2.36. The van der Waals surface area contributed by atoms with Crippen LogP contribution in [-0.4, -0.2) is 13.2 Å². The molecule has 0 unspecified atom stereocenters. The maximum absolute atomic E-state index is 5.62. The maximum Gasteiger partial charge on any atom is 0.129 e. The molecule has 0 aliphatic rings. The highest BCUT2D eigenvalue weighted by Gasteiger charge is 2.03. The Labute approximate surface area is 72.5 Å². The standard InChI is InChI=1S/C9H15NO2/c1-7(10)5-8-3-4-9(12-8)6-11-2/h3-4,7H,5-6,10H2,1-2H3/t7-/m0/s1. The van der Waals surface area contributed by atoms with Crippen LogP contribution in [0.1, 0.15) is 18.4 Å². The van der Waals surface area contributed by atoms with E-state index in [1.54, 1.807) is 7.11 Å². The predicted octanol–water partition coefficient (Wildman–Crippen LogP) is 1.32. The fraction of sp³-hybridized carbons (Fsp3) is 0.556. The van der Waals surface area contributed by atoms with Gasteiger partial charge in [-0.25, -0.2) is 0 Å². The first kappa shape index (κ1) is 9.29. The van der Waals surface area contributed by atoms with Gasteiger partial charge >= 0.3 is 0 Å². The quantitative estimate of drug-likeness (QED) is 0.739. The normalized spacial score (nSPS) is 13.2. The van der Waals surface area contributed by atoms with Gasteiger partial charge in [0.2, 0.25) is 0 Å². The Balaban J connectivity index is 2.52. The highest BCUT2D eigenvalue weighted by atomic mass is 16.5. The van der Waals surface area contributed by atoms with Crippen molar-refractivity contribution in [2.75, 3.05) is 7.11 Å². The van der Waals surface area contributed by atoms with Crippen molar-refractivity contribution >= 4 is 0 Å². The van der Waals surface area contributed by atoms with Crippen LogP contribution in [0.3, 0.4) is 0 Å². The molecule has 12 heavy (non-hydrogen) atoms. The van der Waals surface area contributed by atoms with Crippen LogP contribution >= 0.6 is 0 Å². The number of nitrogens with two attached hydrogens (primary N) is 1. The van der Waals surface area contributed by atoms with Crippen molar-refractivity contribution in [3.63, 3.8) is 0 Å². The molecule has 0 aliphatic carbocycles. The molecule has 0 saturated heterocycles. The van der Waals surface area contributed by atoms with Crippen molar-refractivity contribution in [2.45, 2.75) is 26.0 Å². The summed E-state index contributed by atoms with van der Waals surface area (Å²) in [5.41, 5.74) is 5.62. The molecule has 0 aromatic carbocycles. The van der Waals surface area contributed by atoms with E-state index < -0.39 is 0 Å². The van der Waals surface area contributed by atoms with Gasteiger partial charge in [0.05, 0.1) is 0 Å². The summed E-state index contributed by atoms with van der Waals surface area (Å²) in [5.74, 6) is 1.78. The molecule has 0 aliphatic heterocycles. The number of ether oxygens (including phenoxy) is 1. The Bertz CT molecular complexity index is 230. The van der Waals surface area contributed by atoms with Gasteiger partial charge in [0, 0.05) is 19.6 Å². The Morgan fingerprint density at radius 2 is 2.17 bits per heavy atom. The molecule has 0 radical (unpaired) electrons. The zero-order valence-electron chi connectivity index (χ0n) is 7.54. The predicted molar refractivity (Wildman–Crippen MR) is 46.8 cm³/mol. The van der Waals surface area contributed by atoms with Gasteiger partial charge in [0.1, 0.15) is 18.1 Å². The molecule has 0 amide bonds. The third-order valence-electron chi connectivity index (χ3n) is 1.53. The van der Waals surface area contributed by atoms with Crippen LogP contribution in [0.2, 0.25) is 0 Å². The van der Waals surface area contributed by atoms with Crippen molar-refractivity contribution in [3.05, 3.63) is 23.7 Å². The lowest BCUT2D eigenvalue weighted by atomic mass is 10.2. The maximum atomic E-state index is 5.62. The molecule has 2 N–H and O–H groups in total. The van der Waals surface area contributed by atoms with E-state index in [0.29, 0.717) is 6.61 Å². The van der Waals surface area contributed by atoms with Crippen LogP contribution in [0.25, 0.3) is 0 Å². The van der Waals surface area contributed by atoms with Crippen molar-refractivity contribution in [2.24, 2.45) is 5.73 Å². The molecular formula is C9H15NO2. The van der Waals surface area contributed by atoms with Gasteiger partial charge in [-0.05, 0) is 19.1 Å². The second-order valence-corrected chi connectivity index (χ2v) is 2.98. The third kappa shape index (κ3) is 2.68. The monoisotopic (exact) mass is 169 g/mol. The van der Waals surface area contributed by atoms with Gasteiger partial charge in [-0.2, -0.15) is 0 Å². The smallest absolute Gasteiger partial charge is 0.129 e. The van der Waals surface area contributed by atoms with Crippen LogP contribution in [-0.2, 0) is 17.8 Å². The molecule has 3 nitrogen and oxygen atoms in total. The van der Waals surface area contributed by atoms with Crippen LogP contribution in [0.4, 0.5) is 0 Å². The molecular weight excluding hydrogens is 154 g/mol. The largest absolute Gasteiger partial charge is 0.464 e. The summed E-state index contributed by atoms with van der Waals surface area (Å²) in [4.78, 5) is 0. The minimum atomic E-state index is 0.145. The van der Waals surface area contributed by atoms with E-state index in [2.05, 4.69) is 0 Å². The summed E-state index contributed by atoms with van der Waals surface area (Å²) in [7, 11) is 1.65. The highest BCUT2D eigenvalue weighted by Crippen LogP contribution is 2.10. The molecule has 0 fully saturated rings. The third-order valence-corrected chi connectivity index (χ3v) is 1.53. The number of hydrogen-bond acceptors (Lipinski definition) is 3. The second-order valence-electron chi connectivity index (χ2n) is 2.98. The van der Waals surface area contributed by atoms with Gasteiger partial charge in [0.15, 0.2) is 0 Å². The molecule has 0 spiro atoms. The first-order valence-corrected chi connectivity index (χ1v) is 4.04. The van der Waals surface area contributed by atoms with E-state index in [-0.39, 0.29) is 6.04 Å². The van der Waals surface area contributed by atoms with Crippen molar-refractivity contribution in [1.29, 1.82) is 0 Å². The zero-order valence-corrected chi connectivity index (χ0v) is 7.54. The fourth-order valence-corrected chi connectivity index (χ4v) is 1.07. The summed E-state index contributed by atoms with van der Waals surface area (Å²) in [6.45, 7) is 2.48. The lowest BCUT2D eigenvalue weighted by Crippen LogP contribution is -2.17. The van der Waals surface area contributed by atoms with Crippen LogP contribution in [0.15, 0.2) is 16.5 Å². The lowest BCUT2D eigenvalue weighted by Gasteiger charge is -2.00. The number of hydrogen-bond donors (Lipinski definition) is 1. The summed E-state index contributed by atoms with van der Waals surface area (Å²) < 4.78 is 10.4. The summed E-state index contributed by atoms with van der Waals surface area (Å²) in [6, 6.07) is 4.00. The topological polar surface area (TPSA) is 48.4 Å². The van der Waals surface area contributed by atoms with Crippen molar-refractivity contribution in [3.8, 4) is 0 Å². The molecule has 68 valence electrons. The molecule has 0 saturated carbocycles. The van der Waals surface area contributed by atoms with Gasteiger partial charge in [-0.1, -0.05) is 0 Å². The molecule has 1 aromatic rings. The molecule has 1 heterocycles. The molecule has 1 aromatic heterocycles. The SMILES string of the molecule is COCc1ccc(C[C@H](C)N)o1. The average molecular weight is 169 g/mol. The lowest BCUT2D eigenvalue weighted by molar-refractivity contribution is 0.162. The summed E-state index contributed by atoms with van der Waals surface area (Å²) >= 11 is 0. The van der Waals surface area contributed by atoms with Gasteiger partial charge in [-0.3, -0.25) is 0 Å². The van der Waals surface area contributed by atoms with E-state index >= 15 is 0 Å². The Hall–Kier alpha value is -0.800. The highest BCUT2D eigenvalue weighted by molar-refractivity contribution is 5.07. The van der Waals surface area contributed by atoms with Crippen molar-refractivity contribution in [1.82, 2.24) is 0 Å². The number of rotatable bonds is 4. The van der Waals surface area contributed by atoms with E-state index in [1.807, 2.05) is 19.1 Å². The number of furan rings is 1. The first-order chi connectivity index (χ1) is 5.72. The summed E-state index contributed by atoms with van der Waals surface area (Å²) in [5, 5.41) is 0. The second kappa shape index (κ2) is 4.28. The molecule has 1 rings (SSSR count). The fourth-order valence-electron chi connectivity index (χ4n) is 1.07. The zero-order chi connectivity index (χ0) is 8.97. The van der Waals surface area contributed by atoms with Crippen molar-refractivity contribution < 1.29 is 9.15 Å². The molecule has 3 heteroatoms. The first-order valence-electron chi connectivity index (χ1n) is 4.04. The van der Waals surface area contributed by atoms with Crippen LogP contribution < -0.4 is 5.73 Å². The van der Waals surface area contributed by atoms with Gasteiger partial charge in [0.25, 0.3) is 0 Å². The van der Waals surface area contributed by atoms with Gasteiger partial charge in [-0.15, -0.1) is 0 Å². The minimum Gasteiger partial charge on any atom is -0.464 e. The molecule has 0 bridgehead atoms. The van der Waals surface area contributed by atoms with Gasteiger partial charge < -0.3 is 14.9 Å². The van der Waals surface area contributed by atoms with Crippen LogP contribution in [0.5, 0.6) is 0 Å².